The summed E-state index contributed by atoms with van der Waals surface area (Å²) in [5.74, 6) is -4.67. The molecule has 12 nitrogen and oxygen atoms in total. The van der Waals surface area contributed by atoms with Crippen molar-refractivity contribution in [1.82, 2.24) is 20.9 Å². The highest BCUT2D eigenvalue weighted by Gasteiger charge is 2.40. The molecule has 0 bridgehead atoms. The van der Waals surface area contributed by atoms with Crippen LogP contribution < -0.4 is 16.0 Å². The normalized spacial score (nSPS) is 16.8. The topological polar surface area (TPSA) is 185 Å². The average molecular weight is 518 g/mol. The number of rotatable bonds is 11. The minimum atomic E-state index is -1.74. The third kappa shape index (κ3) is 8.02. The summed E-state index contributed by atoms with van der Waals surface area (Å²) in [4.78, 5) is 63.2. The molecule has 0 aromatic heterocycles. The number of hydrogen-bond donors (Lipinski definition) is 6. The fraction of sp³-hybridized carbons (Fsp3) is 0.542. The van der Waals surface area contributed by atoms with Gasteiger partial charge in [0, 0.05) is 17.7 Å². The molecule has 1 aromatic carbocycles. The lowest BCUT2D eigenvalue weighted by Gasteiger charge is -2.32. The van der Waals surface area contributed by atoms with E-state index in [1.165, 1.54) is 29.2 Å². The number of benzene rings is 1. The molecular weight excluding hydrogens is 483 g/mol. The Bertz CT molecular complexity index is 991. The fourth-order valence-corrected chi connectivity index (χ4v) is 4.10. The number of carboxylic acids is 1. The van der Waals surface area contributed by atoms with Crippen LogP contribution in [0.2, 0.25) is 0 Å². The number of carbonyl (C=O) groups is 5. The molecule has 1 unspecified atom stereocenters. The van der Waals surface area contributed by atoms with Gasteiger partial charge in [0.1, 0.15) is 18.6 Å². The molecule has 1 saturated heterocycles. The Morgan fingerprint density at radius 2 is 1.51 bits per heavy atom. The standard InChI is InChI=1S/C24H35BN4O8/c1-13(2)19(27-22(33)16-9-7-15(8-10-16)21(32)26-12-18(30)31)24(35)29-11-5-6-17(29)23(34)28-20(14(3)4)25(36)37/h7-10,13-14,17,19-20,36-37H,5-6,11-12H2,1-4H3,(H,26,32)(H,27,33)(H,28,34)(H,30,31)/t17-,19-,20?/m0/s1. The van der Waals surface area contributed by atoms with Gasteiger partial charge in [-0.2, -0.15) is 0 Å². The number of aliphatic carboxylic acids is 1. The summed E-state index contributed by atoms with van der Waals surface area (Å²) in [7, 11) is -1.74. The molecule has 0 saturated carbocycles. The molecule has 1 fully saturated rings. The molecule has 2 rings (SSSR count). The molecule has 1 heterocycles. The van der Waals surface area contributed by atoms with E-state index in [9.17, 15) is 34.0 Å². The number of amides is 4. The third-order valence-electron chi connectivity index (χ3n) is 6.22. The van der Waals surface area contributed by atoms with E-state index in [0.29, 0.717) is 19.4 Å². The van der Waals surface area contributed by atoms with E-state index in [1.807, 2.05) is 0 Å². The van der Waals surface area contributed by atoms with Crippen LogP contribution in [-0.2, 0) is 14.4 Å². The van der Waals surface area contributed by atoms with E-state index >= 15 is 0 Å². The van der Waals surface area contributed by atoms with Gasteiger partial charge in [0.05, 0.1) is 5.94 Å². The van der Waals surface area contributed by atoms with Gasteiger partial charge < -0.3 is 36.0 Å². The van der Waals surface area contributed by atoms with E-state index in [1.54, 1.807) is 27.7 Å². The second kappa shape index (κ2) is 13.2. The van der Waals surface area contributed by atoms with Crippen molar-refractivity contribution in [2.75, 3.05) is 13.1 Å². The summed E-state index contributed by atoms with van der Waals surface area (Å²) in [5.41, 5.74) is 0.369. The van der Waals surface area contributed by atoms with Crippen LogP contribution in [0.15, 0.2) is 24.3 Å². The fourth-order valence-electron chi connectivity index (χ4n) is 4.10. The summed E-state index contributed by atoms with van der Waals surface area (Å²) in [6, 6.07) is 3.81. The molecule has 6 N–H and O–H groups in total. The molecule has 4 amide bonds. The molecular formula is C24H35BN4O8. The van der Waals surface area contributed by atoms with Crippen molar-refractivity contribution in [3.8, 4) is 0 Å². The van der Waals surface area contributed by atoms with Gasteiger partial charge >= 0.3 is 13.1 Å². The molecule has 202 valence electrons. The van der Waals surface area contributed by atoms with E-state index in [2.05, 4.69) is 16.0 Å². The number of carbonyl (C=O) groups excluding carboxylic acids is 4. The van der Waals surface area contributed by atoms with Gasteiger partial charge in [-0.3, -0.25) is 24.0 Å². The van der Waals surface area contributed by atoms with E-state index in [-0.39, 0.29) is 23.0 Å². The van der Waals surface area contributed by atoms with Gasteiger partial charge in [-0.15, -0.1) is 0 Å². The van der Waals surface area contributed by atoms with E-state index in [4.69, 9.17) is 5.11 Å². The van der Waals surface area contributed by atoms with Crippen LogP contribution in [0.1, 0.15) is 61.3 Å². The summed E-state index contributed by atoms with van der Waals surface area (Å²) in [6.45, 7) is 6.79. The van der Waals surface area contributed by atoms with Crippen LogP contribution in [0.3, 0.4) is 0 Å². The maximum Gasteiger partial charge on any atom is 0.475 e. The molecule has 0 radical (unpaired) electrons. The Hall–Kier alpha value is -3.45. The summed E-state index contributed by atoms with van der Waals surface area (Å²) >= 11 is 0. The van der Waals surface area contributed by atoms with E-state index in [0.717, 1.165) is 0 Å². The summed E-state index contributed by atoms with van der Waals surface area (Å²) < 4.78 is 0. The Morgan fingerprint density at radius 1 is 0.946 bits per heavy atom. The molecule has 37 heavy (non-hydrogen) atoms. The predicted molar refractivity (Wildman–Crippen MR) is 134 cm³/mol. The van der Waals surface area contributed by atoms with Crippen molar-refractivity contribution in [2.24, 2.45) is 11.8 Å². The highest BCUT2D eigenvalue weighted by Crippen LogP contribution is 2.21. The SMILES string of the molecule is CC(C)C(NC(=O)[C@@H]1CCCN1C(=O)[C@@H](NC(=O)c1ccc(C(=O)NCC(=O)O)cc1)C(C)C)B(O)O. The molecule has 0 aliphatic carbocycles. The largest absolute Gasteiger partial charge is 0.480 e. The van der Waals surface area contributed by atoms with Crippen LogP contribution in [0.5, 0.6) is 0 Å². The smallest absolute Gasteiger partial charge is 0.475 e. The maximum atomic E-state index is 13.4. The van der Waals surface area contributed by atoms with Crippen LogP contribution in [0.25, 0.3) is 0 Å². The maximum absolute atomic E-state index is 13.4. The minimum Gasteiger partial charge on any atom is -0.480 e. The average Bonchev–Trinajstić information content (AvgIpc) is 3.33. The van der Waals surface area contributed by atoms with Gasteiger partial charge in [0.2, 0.25) is 11.8 Å². The van der Waals surface area contributed by atoms with Crippen molar-refractivity contribution in [3.05, 3.63) is 35.4 Å². The van der Waals surface area contributed by atoms with Gasteiger partial charge in [-0.05, 0) is 48.9 Å². The number of carboxylic acid groups (broad SMARTS) is 1. The zero-order chi connectivity index (χ0) is 27.9. The molecule has 3 atom stereocenters. The second-order valence-corrected chi connectivity index (χ2v) is 9.73. The van der Waals surface area contributed by atoms with Crippen molar-refractivity contribution in [2.45, 2.75) is 58.6 Å². The number of nitrogens with one attached hydrogen (secondary N) is 3. The van der Waals surface area contributed by atoms with Crippen LogP contribution in [-0.4, -0.2) is 87.9 Å². The molecule has 1 aliphatic rings. The lowest BCUT2D eigenvalue weighted by Crippen LogP contribution is -2.58. The van der Waals surface area contributed by atoms with Crippen molar-refractivity contribution < 1.29 is 39.1 Å². The third-order valence-corrected chi connectivity index (χ3v) is 6.22. The highest BCUT2D eigenvalue weighted by molar-refractivity contribution is 6.43. The minimum absolute atomic E-state index is 0.174. The number of hydrogen-bond acceptors (Lipinski definition) is 7. The first-order valence-corrected chi connectivity index (χ1v) is 12.2. The first-order valence-electron chi connectivity index (χ1n) is 12.2. The molecule has 0 spiro atoms. The second-order valence-electron chi connectivity index (χ2n) is 9.73. The van der Waals surface area contributed by atoms with Crippen molar-refractivity contribution in [3.63, 3.8) is 0 Å². The Balaban J connectivity index is 2.10. The quantitative estimate of drug-likeness (QED) is 0.210. The lowest BCUT2D eigenvalue weighted by molar-refractivity contribution is -0.140. The monoisotopic (exact) mass is 518 g/mol. The Kier molecular flexibility index (Phi) is 10.6. The predicted octanol–water partition coefficient (Wildman–Crippen LogP) is -0.601. The van der Waals surface area contributed by atoms with Gasteiger partial charge in [-0.25, -0.2) is 0 Å². The summed E-state index contributed by atoms with van der Waals surface area (Å²) in [5, 5.41) is 35.4. The van der Waals surface area contributed by atoms with Crippen LogP contribution in [0.4, 0.5) is 0 Å². The number of nitrogens with zero attached hydrogens (tertiary/aromatic N) is 1. The van der Waals surface area contributed by atoms with Crippen LogP contribution in [0, 0.1) is 11.8 Å². The Morgan fingerprint density at radius 3 is 2.00 bits per heavy atom. The zero-order valence-corrected chi connectivity index (χ0v) is 21.4. The lowest BCUT2D eigenvalue weighted by atomic mass is 9.73. The van der Waals surface area contributed by atoms with Crippen LogP contribution >= 0.6 is 0 Å². The van der Waals surface area contributed by atoms with Crippen molar-refractivity contribution in [1.29, 1.82) is 0 Å². The van der Waals surface area contributed by atoms with Gasteiger partial charge in [0.15, 0.2) is 0 Å². The zero-order valence-electron chi connectivity index (χ0n) is 21.4. The first kappa shape index (κ1) is 29.8. The first-order chi connectivity index (χ1) is 17.3. The highest BCUT2D eigenvalue weighted by atomic mass is 16.4. The Labute approximate surface area is 215 Å². The molecule has 1 aromatic rings. The molecule has 13 heteroatoms. The summed E-state index contributed by atoms with van der Waals surface area (Å²) in [6.07, 6.45) is 0.996. The molecule has 1 aliphatic heterocycles. The number of likely N-dealkylation sites (tertiary alicyclic amines) is 1. The van der Waals surface area contributed by atoms with E-state index < -0.39 is 61.3 Å². The van der Waals surface area contributed by atoms with Crippen molar-refractivity contribution >= 4 is 36.7 Å². The van der Waals surface area contributed by atoms with Gasteiger partial charge in [0.25, 0.3) is 11.8 Å². The van der Waals surface area contributed by atoms with Gasteiger partial charge in [-0.1, -0.05) is 27.7 Å².